The molecule has 1 unspecified atom stereocenters. The lowest BCUT2D eigenvalue weighted by Crippen LogP contribution is -2.24. The Morgan fingerprint density at radius 3 is 2.83 bits per heavy atom. The largest absolute Gasteiger partial charge is 0.491 e. The lowest BCUT2D eigenvalue weighted by Gasteiger charge is -2.13. The van der Waals surface area contributed by atoms with Gasteiger partial charge in [-0.15, -0.1) is 5.10 Å². The summed E-state index contributed by atoms with van der Waals surface area (Å²) in [6, 6.07) is 5.37. The van der Waals surface area contributed by atoms with Crippen LogP contribution in [0, 0.1) is 6.92 Å². The highest BCUT2D eigenvalue weighted by Gasteiger charge is 2.13. The first-order valence-corrected chi connectivity index (χ1v) is 10.4. The van der Waals surface area contributed by atoms with E-state index in [0.717, 1.165) is 42.2 Å². The minimum Gasteiger partial charge on any atom is -0.491 e. The molecule has 30 heavy (non-hydrogen) atoms. The zero-order chi connectivity index (χ0) is 21.5. The Hall–Kier alpha value is -2.71. The van der Waals surface area contributed by atoms with Crippen LogP contribution in [0.2, 0.25) is 0 Å². The number of unbranched alkanes of at least 4 members (excludes halogenated alkanes) is 3. The van der Waals surface area contributed by atoms with Gasteiger partial charge in [-0.1, -0.05) is 31.4 Å². The summed E-state index contributed by atoms with van der Waals surface area (Å²) in [7, 11) is 0. The zero-order valence-corrected chi connectivity index (χ0v) is 17.5. The maximum Gasteiger partial charge on any atom is 0.339 e. The van der Waals surface area contributed by atoms with Crippen LogP contribution in [0.5, 0.6) is 5.75 Å². The predicted octanol–water partition coefficient (Wildman–Crippen LogP) is 2.75. The molecule has 0 spiro atoms. The molecule has 3 aromatic rings. The SMILES string of the molecule is CCCCCCc1c(C)c2ccc(OCC(O)Cn3cc(CO)nn3)cc2oc1=O. The molecule has 0 bridgehead atoms. The van der Waals surface area contributed by atoms with E-state index in [1.807, 2.05) is 19.1 Å². The minimum absolute atomic E-state index is 0.0402. The second-order valence-corrected chi connectivity index (χ2v) is 7.52. The quantitative estimate of drug-likeness (QED) is 0.366. The number of aryl methyl sites for hydroxylation is 1. The lowest BCUT2D eigenvalue weighted by atomic mass is 10.0. The summed E-state index contributed by atoms with van der Waals surface area (Å²) in [5, 5.41) is 27.6. The molecule has 0 amide bonds. The topological polar surface area (TPSA) is 111 Å². The van der Waals surface area contributed by atoms with Crippen molar-refractivity contribution in [3.63, 3.8) is 0 Å². The molecule has 2 aromatic heterocycles. The molecule has 8 nitrogen and oxygen atoms in total. The molecule has 1 aromatic carbocycles. The number of nitrogens with zero attached hydrogens (tertiary/aromatic N) is 3. The lowest BCUT2D eigenvalue weighted by molar-refractivity contribution is 0.0888. The second kappa shape index (κ2) is 10.4. The van der Waals surface area contributed by atoms with E-state index in [1.54, 1.807) is 12.3 Å². The molecule has 1 atom stereocenters. The van der Waals surface area contributed by atoms with Gasteiger partial charge in [-0.25, -0.2) is 9.48 Å². The number of benzene rings is 1. The van der Waals surface area contributed by atoms with E-state index in [9.17, 15) is 9.90 Å². The average molecular weight is 415 g/mol. The molecule has 2 N–H and O–H groups in total. The number of hydrogen-bond acceptors (Lipinski definition) is 7. The summed E-state index contributed by atoms with van der Waals surface area (Å²) in [6.07, 6.45) is 5.91. The average Bonchev–Trinajstić information content (AvgIpc) is 3.19. The highest BCUT2D eigenvalue weighted by Crippen LogP contribution is 2.25. The maximum atomic E-state index is 12.4. The number of hydrogen-bond donors (Lipinski definition) is 2. The van der Waals surface area contributed by atoms with E-state index < -0.39 is 6.10 Å². The summed E-state index contributed by atoms with van der Waals surface area (Å²) in [5.41, 5.74) is 2.32. The van der Waals surface area contributed by atoms with Gasteiger partial charge in [0.1, 0.15) is 29.7 Å². The summed E-state index contributed by atoms with van der Waals surface area (Å²) >= 11 is 0. The van der Waals surface area contributed by atoms with Crippen LogP contribution < -0.4 is 10.4 Å². The van der Waals surface area contributed by atoms with Crippen LogP contribution in [0.15, 0.2) is 33.6 Å². The van der Waals surface area contributed by atoms with Crippen molar-refractivity contribution < 1.29 is 19.4 Å². The first kappa shape index (κ1) is 22.0. The van der Waals surface area contributed by atoms with Crippen molar-refractivity contribution >= 4 is 11.0 Å². The van der Waals surface area contributed by atoms with Crippen LogP contribution in [-0.2, 0) is 19.6 Å². The summed E-state index contributed by atoms with van der Waals surface area (Å²) in [6.45, 7) is 4.15. The van der Waals surface area contributed by atoms with Crippen LogP contribution >= 0.6 is 0 Å². The molecule has 0 aliphatic heterocycles. The standard InChI is InChI=1S/C22H29N3O5/c1-3-4-5-6-7-20-15(2)19-9-8-18(10-21(19)30-22(20)28)29-14-17(27)12-25-11-16(13-26)23-24-25/h8-11,17,26-27H,3-7,12-14H2,1-2H3. The molecule has 8 heteroatoms. The van der Waals surface area contributed by atoms with Crippen molar-refractivity contribution in [2.45, 2.75) is 65.2 Å². The fourth-order valence-electron chi connectivity index (χ4n) is 3.44. The number of ether oxygens (including phenoxy) is 1. The molecular weight excluding hydrogens is 386 g/mol. The highest BCUT2D eigenvalue weighted by atomic mass is 16.5. The molecule has 0 radical (unpaired) electrons. The Morgan fingerprint density at radius 2 is 2.10 bits per heavy atom. The van der Waals surface area contributed by atoms with Crippen LogP contribution in [0.25, 0.3) is 11.0 Å². The van der Waals surface area contributed by atoms with E-state index in [1.165, 1.54) is 11.1 Å². The molecule has 0 fully saturated rings. The Labute approximate surface area is 175 Å². The second-order valence-electron chi connectivity index (χ2n) is 7.52. The molecule has 0 saturated carbocycles. The predicted molar refractivity (Wildman–Crippen MR) is 113 cm³/mol. The molecule has 162 valence electrons. The van der Waals surface area contributed by atoms with Gasteiger partial charge in [-0.3, -0.25) is 0 Å². The van der Waals surface area contributed by atoms with Crippen molar-refractivity contribution in [3.05, 3.63) is 51.6 Å². The first-order chi connectivity index (χ1) is 14.5. The van der Waals surface area contributed by atoms with Gasteiger partial charge in [-0.2, -0.15) is 0 Å². The van der Waals surface area contributed by atoms with Gasteiger partial charge in [0, 0.05) is 17.0 Å². The molecule has 2 heterocycles. The van der Waals surface area contributed by atoms with Gasteiger partial charge >= 0.3 is 5.63 Å². The van der Waals surface area contributed by atoms with E-state index in [0.29, 0.717) is 17.0 Å². The Morgan fingerprint density at radius 1 is 1.27 bits per heavy atom. The Bertz CT molecular complexity index is 1030. The van der Waals surface area contributed by atoms with Crippen LogP contribution in [0.4, 0.5) is 0 Å². The van der Waals surface area contributed by atoms with Gasteiger partial charge in [-0.05, 0) is 37.5 Å². The van der Waals surface area contributed by atoms with E-state index in [-0.39, 0.29) is 25.4 Å². The fourth-order valence-corrected chi connectivity index (χ4v) is 3.44. The fraction of sp³-hybridized carbons (Fsp3) is 0.500. The maximum absolute atomic E-state index is 12.4. The van der Waals surface area contributed by atoms with Gasteiger partial charge < -0.3 is 19.4 Å². The van der Waals surface area contributed by atoms with E-state index in [2.05, 4.69) is 17.2 Å². The van der Waals surface area contributed by atoms with E-state index in [4.69, 9.17) is 14.3 Å². The minimum atomic E-state index is -0.812. The van der Waals surface area contributed by atoms with Crippen molar-refractivity contribution in [2.24, 2.45) is 0 Å². The van der Waals surface area contributed by atoms with Crippen LogP contribution in [-0.4, -0.2) is 37.9 Å². The summed E-state index contributed by atoms with van der Waals surface area (Å²) in [5.74, 6) is 0.509. The third-order valence-corrected chi connectivity index (χ3v) is 5.13. The van der Waals surface area contributed by atoms with Crippen molar-refractivity contribution in [1.82, 2.24) is 15.0 Å². The normalized spacial score (nSPS) is 12.4. The van der Waals surface area contributed by atoms with Crippen molar-refractivity contribution in [2.75, 3.05) is 6.61 Å². The summed E-state index contributed by atoms with van der Waals surface area (Å²) in [4.78, 5) is 12.4. The highest BCUT2D eigenvalue weighted by molar-refractivity contribution is 5.82. The van der Waals surface area contributed by atoms with Crippen molar-refractivity contribution in [3.8, 4) is 5.75 Å². The first-order valence-electron chi connectivity index (χ1n) is 10.4. The number of aliphatic hydroxyl groups excluding tert-OH is 2. The smallest absolute Gasteiger partial charge is 0.339 e. The van der Waals surface area contributed by atoms with Crippen LogP contribution in [0.1, 0.15) is 49.4 Å². The molecular formula is C22H29N3O5. The summed E-state index contributed by atoms with van der Waals surface area (Å²) < 4.78 is 12.7. The van der Waals surface area contributed by atoms with Gasteiger partial charge in [0.2, 0.25) is 0 Å². The molecule has 0 aliphatic rings. The Kier molecular flexibility index (Phi) is 7.59. The number of fused-ring (bicyclic) bond motifs is 1. The zero-order valence-electron chi connectivity index (χ0n) is 17.5. The monoisotopic (exact) mass is 415 g/mol. The van der Waals surface area contributed by atoms with Gasteiger partial charge in [0.05, 0.1) is 19.3 Å². The van der Waals surface area contributed by atoms with Crippen LogP contribution in [0.3, 0.4) is 0 Å². The Balaban J connectivity index is 1.65. The molecule has 3 rings (SSSR count). The number of aromatic nitrogens is 3. The third kappa shape index (κ3) is 5.46. The number of rotatable bonds is 11. The third-order valence-electron chi connectivity index (χ3n) is 5.13. The molecule has 0 aliphatic carbocycles. The molecule has 0 saturated heterocycles. The van der Waals surface area contributed by atoms with Gasteiger partial charge in [0.25, 0.3) is 0 Å². The van der Waals surface area contributed by atoms with Gasteiger partial charge in [0.15, 0.2) is 0 Å². The van der Waals surface area contributed by atoms with E-state index >= 15 is 0 Å². The number of aliphatic hydroxyl groups is 2. The van der Waals surface area contributed by atoms with Crippen molar-refractivity contribution in [1.29, 1.82) is 0 Å².